The summed E-state index contributed by atoms with van der Waals surface area (Å²) in [5.74, 6) is 0. The van der Waals surface area contributed by atoms with E-state index in [2.05, 4.69) is 51.7 Å². The molecule has 0 amide bonds. The van der Waals surface area contributed by atoms with E-state index in [4.69, 9.17) is 5.73 Å². The van der Waals surface area contributed by atoms with Gasteiger partial charge in [0, 0.05) is 24.1 Å². The fraction of sp³-hybridized carbons (Fsp3) is 0.385. The molecule has 0 atom stereocenters. The van der Waals surface area contributed by atoms with Gasteiger partial charge in [-0.05, 0) is 18.5 Å². The highest BCUT2D eigenvalue weighted by Crippen LogP contribution is 2.09. The fourth-order valence-corrected chi connectivity index (χ4v) is 1.97. The van der Waals surface area contributed by atoms with Crippen LogP contribution in [-0.4, -0.2) is 24.5 Å². The van der Waals surface area contributed by atoms with Crippen molar-refractivity contribution in [1.29, 1.82) is 0 Å². The minimum absolute atomic E-state index is 0.736. The third-order valence-electron chi connectivity index (χ3n) is 2.32. The molecule has 0 aliphatic rings. The van der Waals surface area contributed by atoms with Crippen LogP contribution in [0.2, 0.25) is 0 Å². The normalized spacial score (nSPS) is 10.7. The quantitative estimate of drug-likeness (QED) is 0.833. The molecule has 1 rings (SSSR count). The molecule has 0 aromatic heterocycles. The van der Waals surface area contributed by atoms with E-state index in [0.717, 1.165) is 37.1 Å². The summed E-state index contributed by atoms with van der Waals surface area (Å²) in [6.45, 7) is 7.45. The van der Waals surface area contributed by atoms with E-state index in [1.54, 1.807) is 0 Å². The first kappa shape index (κ1) is 13.4. The number of benzene rings is 1. The summed E-state index contributed by atoms with van der Waals surface area (Å²) in [6, 6.07) is 10.5. The SMILES string of the molecule is C=C(Br)CN(CCCN)Cc1ccccc1. The summed E-state index contributed by atoms with van der Waals surface area (Å²) in [6.07, 6.45) is 1.02. The first-order chi connectivity index (χ1) is 7.72. The molecule has 16 heavy (non-hydrogen) atoms. The number of hydrogen-bond acceptors (Lipinski definition) is 2. The van der Waals surface area contributed by atoms with Crippen molar-refractivity contribution >= 4 is 15.9 Å². The molecule has 0 bridgehead atoms. The molecule has 2 N–H and O–H groups in total. The maximum Gasteiger partial charge on any atom is 0.0297 e. The molecule has 3 heteroatoms. The lowest BCUT2D eigenvalue weighted by Gasteiger charge is -2.21. The minimum Gasteiger partial charge on any atom is -0.330 e. The van der Waals surface area contributed by atoms with Crippen molar-refractivity contribution in [1.82, 2.24) is 4.90 Å². The van der Waals surface area contributed by atoms with Gasteiger partial charge in [-0.1, -0.05) is 52.8 Å². The first-order valence-corrected chi connectivity index (χ1v) is 6.31. The van der Waals surface area contributed by atoms with Crippen LogP contribution in [0.3, 0.4) is 0 Å². The van der Waals surface area contributed by atoms with Crippen LogP contribution in [-0.2, 0) is 6.54 Å². The summed E-state index contributed by atoms with van der Waals surface area (Å²) in [4.78, 5) is 2.35. The van der Waals surface area contributed by atoms with Crippen molar-refractivity contribution in [3.8, 4) is 0 Å². The lowest BCUT2D eigenvalue weighted by Crippen LogP contribution is -2.27. The molecule has 0 fully saturated rings. The van der Waals surface area contributed by atoms with Crippen molar-refractivity contribution < 1.29 is 0 Å². The Kier molecular flexibility index (Phi) is 6.38. The van der Waals surface area contributed by atoms with E-state index in [1.165, 1.54) is 5.56 Å². The second-order valence-corrected chi connectivity index (χ2v) is 4.98. The monoisotopic (exact) mass is 282 g/mol. The maximum atomic E-state index is 5.54. The molecule has 0 saturated carbocycles. The van der Waals surface area contributed by atoms with Gasteiger partial charge in [-0.3, -0.25) is 4.90 Å². The molecule has 0 spiro atoms. The van der Waals surface area contributed by atoms with Crippen LogP contribution >= 0.6 is 15.9 Å². The first-order valence-electron chi connectivity index (χ1n) is 5.52. The molecule has 0 aliphatic carbocycles. The highest BCUT2D eigenvalue weighted by Gasteiger charge is 2.05. The van der Waals surface area contributed by atoms with Gasteiger partial charge < -0.3 is 5.73 Å². The van der Waals surface area contributed by atoms with Crippen LogP contribution in [0.1, 0.15) is 12.0 Å². The van der Waals surface area contributed by atoms with E-state index < -0.39 is 0 Å². The minimum atomic E-state index is 0.736. The second-order valence-electron chi connectivity index (χ2n) is 3.86. The van der Waals surface area contributed by atoms with Crippen molar-refractivity contribution in [3.05, 3.63) is 47.0 Å². The van der Waals surface area contributed by atoms with E-state index in [0.29, 0.717) is 0 Å². The number of hydrogen-bond donors (Lipinski definition) is 1. The zero-order chi connectivity index (χ0) is 11.8. The summed E-state index contributed by atoms with van der Waals surface area (Å²) in [7, 11) is 0. The molecule has 0 unspecified atom stereocenters. The van der Waals surface area contributed by atoms with Gasteiger partial charge in [0.2, 0.25) is 0 Å². The Morgan fingerprint density at radius 3 is 2.56 bits per heavy atom. The van der Waals surface area contributed by atoms with Crippen molar-refractivity contribution in [2.24, 2.45) is 5.73 Å². The van der Waals surface area contributed by atoms with Crippen LogP contribution < -0.4 is 5.73 Å². The Bertz CT molecular complexity index is 311. The summed E-state index contributed by atoms with van der Waals surface area (Å²) in [5, 5.41) is 0. The standard InChI is InChI=1S/C13H19BrN2/c1-12(14)10-16(9-5-8-15)11-13-6-3-2-4-7-13/h2-4,6-7H,1,5,8-11,15H2. The molecule has 0 saturated heterocycles. The molecule has 1 aromatic carbocycles. The van der Waals surface area contributed by atoms with Gasteiger partial charge in [0.05, 0.1) is 0 Å². The number of halogens is 1. The largest absolute Gasteiger partial charge is 0.330 e. The topological polar surface area (TPSA) is 29.3 Å². The third kappa shape index (κ3) is 5.45. The fourth-order valence-electron chi connectivity index (χ4n) is 1.61. The van der Waals surface area contributed by atoms with Crippen molar-refractivity contribution in [2.75, 3.05) is 19.6 Å². The maximum absolute atomic E-state index is 5.54. The molecule has 0 aliphatic heterocycles. The molecule has 0 radical (unpaired) electrons. The summed E-state index contributed by atoms with van der Waals surface area (Å²) < 4.78 is 1.01. The summed E-state index contributed by atoms with van der Waals surface area (Å²) in [5.41, 5.74) is 6.87. The Morgan fingerprint density at radius 2 is 2.00 bits per heavy atom. The van der Waals surface area contributed by atoms with Crippen LogP contribution in [0.5, 0.6) is 0 Å². The zero-order valence-electron chi connectivity index (χ0n) is 9.53. The average Bonchev–Trinajstić information content (AvgIpc) is 2.26. The Hall–Kier alpha value is -0.640. The molecule has 1 aromatic rings. The predicted molar refractivity (Wildman–Crippen MR) is 73.5 cm³/mol. The Balaban J connectivity index is 2.52. The van der Waals surface area contributed by atoms with Crippen LogP contribution in [0.4, 0.5) is 0 Å². The van der Waals surface area contributed by atoms with Crippen LogP contribution in [0.15, 0.2) is 41.4 Å². The number of rotatable bonds is 7. The van der Waals surface area contributed by atoms with E-state index >= 15 is 0 Å². The summed E-state index contributed by atoms with van der Waals surface area (Å²) >= 11 is 3.41. The average molecular weight is 283 g/mol. The van der Waals surface area contributed by atoms with Gasteiger partial charge in [-0.15, -0.1) is 0 Å². The van der Waals surface area contributed by atoms with Gasteiger partial charge >= 0.3 is 0 Å². The predicted octanol–water partition coefficient (Wildman–Crippen LogP) is 2.75. The smallest absolute Gasteiger partial charge is 0.0297 e. The van der Waals surface area contributed by atoms with Gasteiger partial charge in [0.25, 0.3) is 0 Å². The molecular formula is C13H19BrN2. The lowest BCUT2D eigenvalue weighted by atomic mass is 10.2. The van der Waals surface area contributed by atoms with Gasteiger partial charge in [-0.2, -0.15) is 0 Å². The Labute approximate surface area is 106 Å². The number of nitrogens with zero attached hydrogens (tertiary/aromatic N) is 1. The third-order valence-corrected chi connectivity index (χ3v) is 2.57. The zero-order valence-corrected chi connectivity index (χ0v) is 11.1. The molecule has 88 valence electrons. The van der Waals surface area contributed by atoms with Gasteiger partial charge in [0.15, 0.2) is 0 Å². The number of nitrogens with two attached hydrogens (primary N) is 1. The molecular weight excluding hydrogens is 264 g/mol. The van der Waals surface area contributed by atoms with Crippen molar-refractivity contribution in [3.63, 3.8) is 0 Å². The van der Waals surface area contributed by atoms with E-state index in [9.17, 15) is 0 Å². The Morgan fingerprint density at radius 1 is 1.31 bits per heavy atom. The molecule has 2 nitrogen and oxygen atoms in total. The van der Waals surface area contributed by atoms with Gasteiger partial charge in [-0.25, -0.2) is 0 Å². The second kappa shape index (κ2) is 7.60. The van der Waals surface area contributed by atoms with E-state index in [1.807, 2.05) is 6.07 Å². The molecule has 0 heterocycles. The van der Waals surface area contributed by atoms with Crippen molar-refractivity contribution in [2.45, 2.75) is 13.0 Å². The highest BCUT2D eigenvalue weighted by molar-refractivity contribution is 9.11. The van der Waals surface area contributed by atoms with Gasteiger partial charge in [0.1, 0.15) is 0 Å². The lowest BCUT2D eigenvalue weighted by molar-refractivity contribution is 0.291. The van der Waals surface area contributed by atoms with E-state index in [-0.39, 0.29) is 0 Å². The van der Waals surface area contributed by atoms with Crippen LogP contribution in [0.25, 0.3) is 0 Å². The van der Waals surface area contributed by atoms with Crippen LogP contribution in [0, 0.1) is 0 Å². The highest BCUT2D eigenvalue weighted by atomic mass is 79.9.